The first-order chi connectivity index (χ1) is 11.1. The second-order valence-corrected chi connectivity index (χ2v) is 6.83. The summed E-state index contributed by atoms with van der Waals surface area (Å²) in [7, 11) is 1.70. The molecule has 2 aliphatic heterocycles. The average molecular weight is 319 g/mol. The Balaban J connectivity index is 1.58. The Morgan fingerprint density at radius 1 is 1.26 bits per heavy atom. The maximum Gasteiger partial charge on any atom is 0.233 e. The Labute approximate surface area is 137 Å². The highest BCUT2D eigenvalue weighted by Gasteiger charge is 2.43. The van der Waals surface area contributed by atoms with E-state index in [2.05, 4.69) is 15.1 Å². The molecule has 2 fully saturated rings. The van der Waals surface area contributed by atoms with Crippen LogP contribution in [0.4, 0.5) is 4.39 Å². The van der Waals surface area contributed by atoms with Gasteiger partial charge in [0.1, 0.15) is 5.82 Å². The van der Waals surface area contributed by atoms with Crippen LogP contribution in [0.5, 0.6) is 0 Å². The molecule has 3 rings (SSSR count). The minimum Gasteiger partial charge on any atom is -0.358 e. The van der Waals surface area contributed by atoms with Crippen LogP contribution in [0.1, 0.15) is 31.2 Å². The molecule has 0 aromatic heterocycles. The van der Waals surface area contributed by atoms with E-state index in [1.165, 1.54) is 18.9 Å². The molecule has 1 amide bonds. The molecule has 126 valence electrons. The first-order valence-corrected chi connectivity index (χ1v) is 8.54. The molecule has 2 heterocycles. The highest BCUT2D eigenvalue weighted by molar-refractivity contribution is 5.77. The van der Waals surface area contributed by atoms with E-state index in [4.69, 9.17) is 0 Å². The number of carbonyl (C=O) groups is 1. The van der Waals surface area contributed by atoms with Gasteiger partial charge in [0.2, 0.25) is 5.91 Å². The zero-order chi connectivity index (χ0) is 16.3. The van der Waals surface area contributed by atoms with Gasteiger partial charge in [0.05, 0.1) is 6.54 Å². The van der Waals surface area contributed by atoms with E-state index < -0.39 is 0 Å². The SMILES string of the molecule is CNC(=O)CN1CCCC12CCN(Cc1cccc(F)c1)CC2. The summed E-state index contributed by atoms with van der Waals surface area (Å²) in [6, 6.07) is 6.88. The molecule has 0 aliphatic carbocycles. The largest absolute Gasteiger partial charge is 0.358 e. The molecule has 0 saturated carbocycles. The van der Waals surface area contributed by atoms with Crippen LogP contribution in [0, 0.1) is 5.82 Å². The standard InChI is InChI=1S/C18H26FN3O/c1-20-17(23)14-22-9-3-6-18(22)7-10-21(11-8-18)13-15-4-2-5-16(19)12-15/h2,4-5,12H,3,6-11,13-14H2,1H3,(H,20,23). The van der Waals surface area contributed by atoms with Gasteiger partial charge >= 0.3 is 0 Å². The van der Waals surface area contributed by atoms with Gasteiger partial charge in [0, 0.05) is 32.2 Å². The Morgan fingerprint density at radius 3 is 2.74 bits per heavy atom. The fourth-order valence-corrected chi connectivity index (χ4v) is 4.08. The summed E-state index contributed by atoms with van der Waals surface area (Å²) < 4.78 is 13.3. The molecule has 2 aliphatic rings. The lowest BCUT2D eigenvalue weighted by atomic mass is 9.84. The van der Waals surface area contributed by atoms with Gasteiger partial charge in [0.25, 0.3) is 0 Å². The van der Waals surface area contributed by atoms with Crippen molar-refractivity contribution < 1.29 is 9.18 Å². The van der Waals surface area contributed by atoms with Crippen LogP contribution in [-0.4, -0.2) is 54.5 Å². The van der Waals surface area contributed by atoms with Crippen molar-refractivity contribution in [1.29, 1.82) is 0 Å². The number of benzene rings is 1. The van der Waals surface area contributed by atoms with Crippen LogP contribution in [0.15, 0.2) is 24.3 Å². The van der Waals surface area contributed by atoms with Crippen LogP contribution in [0.2, 0.25) is 0 Å². The molecule has 4 nitrogen and oxygen atoms in total. The van der Waals surface area contributed by atoms with Crippen molar-refractivity contribution >= 4 is 5.91 Å². The topological polar surface area (TPSA) is 35.6 Å². The normalized spacial score (nSPS) is 21.7. The van der Waals surface area contributed by atoms with Crippen molar-refractivity contribution in [3.63, 3.8) is 0 Å². The second kappa shape index (κ2) is 6.97. The number of carbonyl (C=O) groups excluding carboxylic acids is 1. The van der Waals surface area contributed by atoms with E-state index in [1.54, 1.807) is 19.2 Å². The van der Waals surface area contributed by atoms with Crippen molar-refractivity contribution in [3.05, 3.63) is 35.6 Å². The van der Waals surface area contributed by atoms with Gasteiger partial charge in [-0.2, -0.15) is 0 Å². The maximum atomic E-state index is 13.3. The number of hydrogen-bond acceptors (Lipinski definition) is 3. The predicted octanol–water partition coefficient (Wildman–Crippen LogP) is 2.00. The Hall–Kier alpha value is -1.46. The molecule has 2 saturated heterocycles. The van der Waals surface area contributed by atoms with Gasteiger partial charge in [-0.15, -0.1) is 0 Å². The summed E-state index contributed by atoms with van der Waals surface area (Å²) in [5.41, 5.74) is 1.24. The third kappa shape index (κ3) is 3.72. The quantitative estimate of drug-likeness (QED) is 0.922. The maximum absolute atomic E-state index is 13.3. The summed E-state index contributed by atoms with van der Waals surface area (Å²) in [5, 5.41) is 2.73. The predicted molar refractivity (Wildman–Crippen MR) is 88.5 cm³/mol. The molecule has 1 N–H and O–H groups in total. The number of halogens is 1. The van der Waals surface area contributed by atoms with Crippen LogP contribution >= 0.6 is 0 Å². The number of piperidine rings is 1. The zero-order valence-corrected chi connectivity index (χ0v) is 13.9. The molecular weight excluding hydrogens is 293 g/mol. The summed E-state index contributed by atoms with van der Waals surface area (Å²) in [4.78, 5) is 16.5. The van der Waals surface area contributed by atoms with Crippen LogP contribution in [-0.2, 0) is 11.3 Å². The third-order valence-electron chi connectivity index (χ3n) is 5.44. The van der Waals surface area contributed by atoms with E-state index >= 15 is 0 Å². The summed E-state index contributed by atoms with van der Waals surface area (Å²) in [6.45, 7) is 4.38. The number of amides is 1. The number of rotatable bonds is 4. The Kier molecular flexibility index (Phi) is 4.97. The lowest BCUT2D eigenvalue weighted by Gasteiger charge is -2.45. The van der Waals surface area contributed by atoms with Crippen molar-refractivity contribution in [2.45, 2.75) is 37.8 Å². The number of nitrogens with one attached hydrogen (secondary N) is 1. The van der Waals surface area contributed by atoms with E-state index in [9.17, 15) is 9.18 Å². The molecule has 1 aromatic rings. The van der Waals surface area contributed by atoms with Gasteiger partial charge in [-0.05, 0) is 49.9 Å². The number of likely N-dealkylation sites (tertiary alicyclic amines) is 2. The Bertz CT molecular complexity index is 555. The van der Waals surface area contributed by atoms with Gasteiger partial charge in [-0.3, -0.25) is 14.6 Å². The second-order valence-electron chi connectivity index (χ2n) is 6.83. The molecule has 23 heavy (non-hydrogen) atoms. The summed E-state index contributed by atoms with van der Waals surface area (Å²) in [5.74, 6) is -0.0583. The van der Waals surface area contributed by atoms with Crippen LogP contribution in [0.25, 0.3) is 0 Å². The number of nitrogens with zero attached hydrogens (tertiary/aromatic N) is 2. The molecule has 0 atom stereocenters. The zero-order valence-electron chi connectivity index (χ0n) is 13.9. The summed E-state index contributed by atoms with van der Waals surface area (Å²) in [6.07, 6.45) is 4.57. The highest BCUT2D eigenvalue weighted by atomic mass is 19.1. The van der Waals surface area contributed by atoms with Crippen LogP contribution < -0.4 is 5.32 Å². The third-order valence-corrected chi connectivity index (χ3v) is 5.44. The molecular formula is C18H26FN3O. The van der Waals surface area contributed by atoms with E-state index in [0.29, 0.717) is 6.54 Å². The monoisotopic (exact) mass is 319 g/mol. The average Bonchev–Trinajstić information content (AvgIpc) is 2.92. The smallest absolute Gasteiger partial charge is 0.233 e. The number of hydrogen-bond donors (Lipinski definition) is 1. The minimum atomic E-state index is -0.163. The molecule has 0 radical (unpaired) electrons. The minimum absolute atomic E-state index is 0.105. The lowest BCUT2D eigenvalue weighted by molar-refractivity contribution is -0.123. The van der Waals surface area contributed by atoms with Gasteiger partial charge in [-0.1, -0.05) is 12.1 Å². The van der Waals surface area contributed by atoms with Crippen molar-refractivity contribution in [2.75, 3.05) is 33.2 Å². The molecule has 0 unspecified atom stereocenters. The molecule has 5 heteroatoms. The summed E-state index contributed by atoms with van der Waals surface area (Å²) >= 11 is 0. The molecule has 0 bridgehead atoms. The number of likely N-dealkylation sites (N-methyl/N-ethyl adjacent to an activating group) is 1. The molecule has 1 spiro atoms. The van der Waals surface area contributed by atoms with Crippen molar-refractivity contribution in [1.82, 2.24) is 15.1 Å². The van der Waals surface area contributed by atoms with Gasteiger partial charge in [0.15, 0.2) is 0 Å². The Morgan fingerprint density at radius 2 is 2.04 bits per heavy atom. The van der Waals surface area contributed by atoms with Crippen molar-refractivity contribution in [2.24, 2.45) is 0 Å². The molecule has 1 aromatic carbocycles. The first-order valence-electron chi connectivity index (χ1n) is 8.54. The van der Waals surface area contributed by atoms with Gasteiger partial charge < -0.3 is 5.32 Å². The fraction of sp³-hybridized carbons (Fsp3) is 0.611. The van der Waals surface area contributed by atoms with E-state index in [1.807, 2.05) is 6.07 Å². The van der Waals surface area contributed by atoms with Gasteiger partial charge in [-0.25, -0.2) is 4.39 Å². The van der Waals surface area contributed by atoms with Crippen LogP contribution in [0.3, 0.4) is 0 Å². The highest BCUT2D eigenvalue weighted by Crippen LogP contribution is 2.38. The van der Waals surface area contributed by atoms with E-state index in [0.717, 1.165) is 44.6 Å². The lowest BCUT2D eigenvalue weighted by Crippen LogP contribution is -2.54. The fourth-order valence-electron chi connectivity index (χ4n) is 4.08. The first kappa shape index (κ1) is 16.4. The van der Waals surface area contributed by atoms with E-state index in [-0.39, 0.29) is 17.3 Å². The van der Waals surface area contributed by atoms with Crippen molar-refractivity contribution in [3.8, 4) is 0 Å².